The molecule has 0 unspecified atom stereocenters. The predicted molar refractivity (Wildman–Crippen MR) is 73.0 cm³/mol. The molecule has 1 rings (SSSR count). The number of nitrogens with one attached hydrogen (secondary N) is 1. The quantitative estimate of drug-likeness (QED) is 0.458. The van der Waals surface area contributed by atoms with Crippen LogP contribution in [0.3, 0.4) is 0 Å². The van der Waals surface area contributed by atoms with Crippen LogP contribution in [0.1, 0.15) is 19.4 Å². The number of carbonyl (C=O) groups is 1. The zero-order chi connectivity index (χ0) is 13.4. The lowest BCUT2D eigenvalue weighted by Crippen LogP contribution is -2.16. The van der Waals surface area contributed by atoms with Gasteiger partial charge in [-0.05, 0) is 32.1 Å². The maximum atomic E-state index is 10.8. The Morgan fingerprint density at radius 2 is 2.11 bits per heavy atom. The molecule has 96 valence electrons. The van der Waals surface area contributed by atoms with Crippen molar-refractivity contribution < 1.29 is 9.90 Å². The third kappa shape index (κ3) is 5.30. The summed E-state index contributed by atoms with van der Waals surface area (Å²) in [7, 11) is 0. The van der Waals surface area contributed by atoms with Crippen molar-refractivity contribution in [3.8, 4) is 5.75 Å². The van der Waals surface area contributed by atoms with Crippen LogP contribution in [0.15, 0.2) is 41.0 Å². The normalized spacial score (nSPS) is 11.8. The number of nitrogens with zero attached hydrogens (tertiary/aromatic N) is 1. The van der Waals surface area contributed by atoms with Gasteiger partial charge in [0.15, 0.2) is 5.78 Å². The van der Waals surface area contributed by atoms with Gasteiger partial charge in [-0.15, -0.1) is 0 Å². The number of para-hydroxylation sites is 1. The van der Waals surface area contributed by atoms with E-state index in [1.807, 2.05) is 13.0 Å². The molecule has 0 amide bonds. The SMILES string of the molecule is CC(=O)/C=C(\C)NCCN=Cc1ccccc1O. The Hall–Kier alpha value is -2.10. The molecule has 0 aliphatic rings. The van der Waals surface area contributed by atoms with Crippen LogP contribution in [0.4, 0.5) is 0 Å². The second-order valence-electron chi connectivity index (χ2n) is 3.96. The van der Waals surface area contributed by atoms with Gasteiger partial charge in [0.05, 0.1) is 6.54 Å². The lowest BCUT2D eigenvalue weighted by atomic mass is 10.2. The van der Waals surface area contributed by atoms with E-state index < -0.39 is 0 Å². The number of phenols is 1. The highest BCUT2D eigenvalue weighted by molar-refractivity contribution is 5.87. The summed E-state index contributed by atoms with van der Waals surface area (Å²) >= 11 is 0. The summed E-state index contributed by atoms with van der Waals surface area (Å²) in [5.41, 5.74) is 1.54. The average Bonchev–Trinajstić information content (AvgIpc) is 2.30. The summed E-state index contributed by atoms with van der Waals surface area (Å²) in [6.07, 6.45) is 3.19. The van der Waals surface area contributed by atoms with Crippen molar-refractivity contribution in [3.63, 3.8) is 0 Å². The van der Waals surface area contributed by atoms with E-state index in [9.17, 15) is 9.90 Å². The Kier molecular flexibility index (Phi) is 5.64. The van der Waals surface area contributed by atoms with Crippen LogP contribution in [-0.4, -0.2) is 30.2 Å². The van der Waals surface area contributed by atoms with E-state index in [2.05, 4.69) is 10.3 Å². The Bertz CT molecular complexity index is 465. The number of aromatic hydroxyl groups is 1. The number of rotatable bonds is 6. The standard InChI is InChI=1S/C14H18N2O2/c1-11(9-12(2)17)16-8-7-15-10-13-5-3-4-6-14(13)18/h3-6,9-10,16,18H,7-8H2,1-2H3/b11-9+,15-10?. The summed E-state index contributed by atoms with van der Waals surface area (Å²) in [6, 6.07) is 7.04. The number of benzene rings is 1. The van der Waals surface area contributed by atoms with Crippen molar-refractivity contribution in [2.45, 2.75) is 13.8 Å². The van der Waals surface area contributed by atoms with Gasteiger partial charge in [-0.3, -0.25) is 9.79 Å². The third-order valence-electron chi connectivity index (χ3n) is 2.23. The van der Waals surface area contributed by atoms with Gasteiger partial charge in [-0.25, -0.2) is 0 Å². The van der Waals surface area contributed by atoms with Crippen molar-refractivity contribution in [3.05, 3.63) is 41.6 Å². The fraction of sp³-hybridized carbons (Fsp3) is 0.286. The van der Waals surface area contributed by atoms with E-state index in [0.717, 1.165) is 5.70 Å². The maximum absolute atomic E-state index is 10.8. The fourth-order valence-electron chi connectivity index (χ4n) is 1.43. The van der Waals surface area contributed by atoms with Gasteiger partial charge in [0, 0.05) is 24.0 Å². The van der Waals surface area contributed by atoms with Crippen molar-refractivity contribution in [2.75, 3.05) is 13.1 Å². The molecule has 0 spiro atoms. The van der Waals surface area contributed by atoms with Gasteiger partial charge in [-0.1, -0.05) is 12.1 Å². The largest absolute Gasteiger partial charge is 0.507 e. The average molecular weight is 246 g/mol. The first-order chi connectivity index (χ1) is 8.59. The van der Waals surface area contributed by atoms with Crippen molar-refractivity contribution in [2.24, 2.45) is 4.99 Å². The van der Waals surface area contributed by atoms with Crippen molar-refractivity contribution in [1.82, 2.24) is 5.32 Å². The number of allylic oxidation sites excluding steroid dienone is 2. The second kappa shape index (κ2) is 7.27. The molecule has 2 N–H and O–H groups in total. The lowest BCUT2D eigenvalue weighted by molar-refractivity contribution is -0.112. The molecule has 0 saturated carbocycles. The molecule has 4 heteroatoms. The molecule has 0 fully saturated rings. The minimum absolute atomic E-state index is 0.0257. The zero-order valence-corrected chi connectivity index (χ0v) is 10.7. The predicted octanol–water partition coefficient (Wildman–Crippen LogP) is 1.89. The lowest BCUT2D eigenvalue weighted by Gasteiger charge is -2.03. The van der Waals surface area contributed by atoms with Gasteiger partial charge in [0.25, 0.3) is 0 Å². The first-order valence-corrected chi connectivity index (χ1v) is 5.80. The second-order valence-corrected chi connectivity index (χ2v) is 3.96. The number of carbonyl (C=O) groups excluding carboxylic acids is 1. The highest BCUT2D eigenvalue weighted by atomic mass is 16.3. The monoisotopic (exact) mass is 246 g/mol. The highest BCUT2D eigenvalue weighted by Gasteiger charge is 1.94. The maximum Gasteiger partial charge on any atom is 0.154 e. The summed E-state index contributed by atoms with van der Waals surface area (Å²) < 4.78 is 0. The molecule has 0 radical (unpaired) electrons. The minimum Gasteiger partial charge on any atom is -0.507 e. The Morgan fingerprint density at radius 1 is 1.39 bits per heavy atom. The molecule has 0 aliphatic carbocycles. The highest BCUT2D eigenvalue weighted by Crippen LogP contribution is 2.12. The topological polar surface area (TPSA) is 61.7 Å². The van der Waals surface area contributed by atoms with Gasteiger partial charge in [-0.2, -0.15) is 0 Å². The number of hydrogen-bond donors (Lipinski definition) is 2. The molecule has 1 aromatic carbocycles. The van der Waals surface area contributed by atoms with E-state index in [1.165, 1.54) is 6.92 Å². The summed E-state index contributed by atoms with van der Waals surface area (Å²) in [6.45, 7) is 4.59. The molecule has 0 atom stereocenters. The Labute approximate surface area is 107 Å². The number of ketones is 1. The number of aliphatic imine (C=N–C) groups is 1. The van der Waals surface area contributed by atoms with Crippen LogP contribution >= 0.6 is 0 Å². The van der Waals surface area contributed by atoms with E-state index >= 15 is 0 Å². The number of phenolic OH excluding ortho intramolecular Hbond substituents is 1. The van der Waals surface area contributed by atoms with Gasteiger partial charge < -0.3 is 10.4 Å². The molecule has 0 bridgehead atoms. The fourth-order valence-corrected chi connectivity index (χ4v) is 1.43. The molecule has 4 nitrogen and oxygen atoms in total. The van der Waals surface area contributed by atoms with E-state index in [0.29, 0.717) is 18.7 Å². The van der Waals surface area contributed by atoms with Crippen molar-refractivity contribution >= 4 is 12.0 Å². The molecular formula is C14H18N2O2. The zero-order valence-electron chi connectivity index (χ0n) is 10.7. The Morgan fingerprint density at radius 3 is 2.78 bits per heavy atom. The van der Waals surface area contributed by atoms with Crippen LogP contribution in [0.5, 0.6) is 5.75 Å². The van der Waals surface area contributed by atoms with E-state index in [-0.39, 0.29) is 11.5 Å². The van der Waals surface area contributed by atoms with E-state index in [4.69, 9.17) is 0 Å². The van der Waals surface area contributed by atoms with Gasteiger partial charge in [0.1, 0.15) is 5.75 Å². The summed E-state index contributed by atoms with van der Waals surface area (Å²) in [5.74, 6) is 0.250. The molecular weight excluding hydrogens is 228 g/mol. The first-order valence-electron chi connectivity index (χ1n) is 5.80. The molecule has 0 saturated heterocycles. The third-order valence-corrected chi connectivity index (χ3v) is 2.23. The van der Waals surface area contributed by atoms with Crippen LogP contribution in [0, 0.1) is 0 Å². The molecule has 1 aromatic rings. The van der Waals surface area contributed by atoms with Crippen molar-refractivity contribution in [1.29, 1.82) is 0 Å². The van der Waals surface area contributed by atoms with Crippen LogP contribution in [-0.2, 0) is 4.79 Å². The van der Waals surface area contributed by atoms with E-state index in [1.54, 1.807) is 30.5 Å². The Balaban J connectivity index is 2.35. The number of hydrogen-bond acceptors (Lipinski definition) is 4. The van der Waals surface area contributed by atoms with Gasteiger partial charge >= 0.3 is 0 Å². The summed E-state index contributed by atoms with van der Waals surface area (Å²) in [4.78, 5) is 15.0. The molecule has 18 heavy (non-hydrogen) atoms. The van der Waals surface area contributed by atoms with Gasteiger partial charge in [0.2, 0.25) is 0 Å². The summed E-state index contributed by atoms with van der Waals surface area (Å²) in [5, 5.41) is 12.6. The smallest absolute Gasteiger partial charge is 0.154 e. The minimum atomic E-state index is 0.0257. The first kappa shape index (κ1) is 14.0. The van der Waals surface area contributed by atoms with Crippen LogP contribution in [0.25, 0.3) is 0 Å². The molecule has 0 aliphatic heterocycles. The molecule has 0 heterocycles. The van der Waals surface area contributed by atoms with Crippen LogP contribution in [0.2, 0.25) is 0 Å². The molecule has 0 aromatic heterocycles. The van der Waals surface area contributed by atoms with Crippen LogP contribution < -0.4 is 5.32 Å².